The van der Waals surface area contributed by atoms with E-state index in [9.17, 15) is 4.79 Å². The maximum Gasteiger partial charge on any atom is 0.323 e. The lowest BCUT2D eigenvalue weighted by Crippen LogP contribution is -2.42. The number of amides is 2. The number of anilines is 1. The number of aromatic nitrogens is 1. The van der Waals surface area contributed by atoms with E-state index in [-0.39, 0.29) is 11.9 Å². The van der Waals surface area contributed by atoms with Gasteiger partial charge in [-0.15, -0.1) is 0 Å². The Morgan fingerprint density at radius 1 is 1.38 bits per heavy atom. The summed E-state index contributed by atoms with van der Waals surface area (Å²) in [6.45, 7) is 7.90. The fourth-order valence-corrected chi connectivity index (χ4v) is 4.50. The number of aryl methyl sites for hydroxylation is 1. The minimum atomic E-state index is -0.131. The summed E-state index contributed by atoms with van der Waals surface area (Å²) in [5.41, 5.74) is 4.65. The lowest BCUT2D eigenvalue weighted by atomic mass is 9.91. The van der Waals surface area contributed by atoms with E-state index in [2.05, 4.69) is 52.4 Å². The molecule has 1 N–H and O–H groups in total. The molecule has 4 rings (SSSR count). The summed E-state index contributed by atoms with van der Waals surface area (Å²) < 4.78 is 11.1. The average molecular weight is 452 g/mol. The third-order valence-corrected chi connectivity index (χ3v) is 6.65. The predicted molar refractivity (Wildman–Crippen MR) is 128 cm³/mol. The van der Waals surface area contributed by atoms with E-state index in [0.717, 1.165) is 35.5 Å². The molecule has 1 aliphatic rings. The van der Waals surface area contributed by atoms with E-state index in [1.54, 1.807) is 11.3 Å². The van der Waals surface area contributed by atoms with Gasteiger partial charge in [-0.3, -0.25) is 5.32 Å². The Hall–Kier alpha value is -3.06. The van der Waals surface area contributed by atoms with E-state index in [4.69, 9.17) is 9.26 Å². The van der Waals surface area contributed by atoms with Gasteiger partial charge in [0.05, 0.1) is 6.61 Å². The number of likely N-dealkylation sites (tertiary alicyclic amines) is 1. The highest BCUT2D eigenvalue weighted by molar-refractivity contribution is 7.07. The molecule has 0 bridgehead atoms. The number of rotatable bonds is 6. The molecule has 1 unspecified atom stereocenters. The minimum Gasteiger partial charge on any atom is -0.493 e. The number of urea groups is 1. The molecule has 0 saturated carbocycles. The van der Waals surface area contributed by atoms with Gasteiger partial charge in [0.15, 0.2) is 5.82 Å². The van der Waals surface area contributed by atoms with E-state index >= 15 is 0 Å². The first-order valence-corrected chi connectivity index (χ1v) is 11.9. The van der Waals surface area contributed by atoms with Crippen LogP contribution < -0.4 is 10.1 Å². The molecule has 7 heteroatoms. The summed E-state index contributed by atoms with van der Waals surface area (Å²) in [4.78, 5) is 14.5. The number of nitrogens with one attached hydrogen (secondary N) is 1. The van der Waals surface area contributed by atoms with Gasteiger partial charge in [-0.25, -0.2) is 4.79 Å². The number of hydrogen-bond acceptors (Lipinski definition) is 5. The lowest BCUT2D eigenvalue weighted by Gasteiger charge is -2.33. The van der Waals surface area contributed by atoms with Crippen LogP contribution in [-0.4, -0.2) is 35.8 Å². The molecule has 1 fully saturated rings. The van der Waals surface area contributed by atoms with Gasteiger partial charge in [0.2, 0.25) is 0 Å². The average Bonchev–Trinajstić information content (AvgIpc) is 3.41. The lowest BCUT2D eigenvalue weighted by molar-refractivity contribution is 0.197. The van der Waals surface area contributed by atoms with Crippen LogP contribution in [-0.2, 0) is 6.42 Å². The van der Waals surface area contributed by atoms with Gasteiger partial charge >= 0.3 is 6.03 Å². The third kappa shape index (κ3) is 5.40. The standard InChI is InChI=1S/C25H29N3O3S/c1-17-15-28(25(29)26-24-18(2)19(3)31-27-24)10-7-22(17)13-21-5-4-6-23(14-21)30-11-8-20-9-12-32-16-20/h4-6,9,12-14,16-17H,7-8,10-11,15H2,1-3H3,(H,26,27,29). The van der Waals surface area contributed by atoms with Gasteiger partial charge in [-0.2, -0.15) is 11.3 Å². The fourth-order valence-electron chi connectivity index (χ4n) is 3.79. The minimum absolute atomic E-state index is 0.131. The summed E-state index contributed by atoms with van der Waals surface area (Å²) in [6, 6.07) is 10.2. The highest BCUT2D eigenvalue weighted by Gasteiger charge is 2.25. The molecule has 1 saturated heterocycles. The van der Waals surface area contributed by atoms with Crippen molar-refractivity contribution in [3.63, 3.8) is 0 Å². The molecule has 0 spiro atoms. The number of ether oxygens (including phenoxy) is 1. The second kappa shape index (κ2) is 10.0. The van der Waals surface area contributed by atoms with Gasteiger partial charge in [-0.05, 0) is 66.3 Å². The van der Waals surface area contributed by atoms with Crippen molar-refractivity contribution in [2.24, 2.45) is 5.92 Å². The quantitative estimate of drug-likeness (QED) is 0.504. The number of benzene rings is 1. The van der Waals surface area contributed by atoms with Gasteiger partial charge in [-0.1, -0.05) is 35.9 Å². The first-order chi connectivity index (χ1) is 15.5. The van der Waals surface area contributed by atoms with Crippen molar-refractivity contribution in [2.45, 2.75) is 33.6 Å². The molecule has 0 radical (unpaired) electrons. The Morgan fingerprint density at radius 2 is 2.25 bits per heavy atom. The third-order valence-electron chi connectivity index (χ3n) is 5.92. The Bertz CT molecular complexity index is 1090. The first-order valence-electron chi connectivity index (χ1n) is 10.9. The van der Waals surface area contributed by atoms with Crippen LogP contribution in [0.15, 0.2) is 51.2 Å². The monoisotopic (exact) mass is 451 g/mol. The van der Waals surface area contributed by atoms with Gasteiger partial charge in [0.25, 0.3) is 0 Å². The second-order valence-corrected chi connectivity index (χ2v) is 9.04. The molecular formula is C25H29N3O3S. The van der Waals surface area contributed by atoms with Gasteiger partial charge in [0, 0.05) is 25.1 Å². The van der Waals surface area contributed by atoms with Crippen molar-refractivity contribution in [3.8, 4) is 5.75 Å². The smallest absolute Gasteiger partial charge is 0.323 e. The van der Waals surface area contributed by atoms with Crippen LogP contribution in [0.25, 0.3) is 6.08 Å². The second-order valence-electron chi connectivity index (χ2n) is 8.26. The van der Waals surface area contributed by atoms with Crippen LogP contribution >= 0.6 is 11.3 Å². The van der Waals surface area contributed by atoms with Crippen LogP contribution in [0.3, 0.4) is 0 Å². The Morgan fingerprint density at radius 3 is 2.97 bits per heavy atom. The van der Waals surface area contributed by atoms with Crippen molar-refractivity contribution in [1.29, 1.82) is 0 Å². The van der Waals surface area contributed by atoms with E-state index in [0.29, 0.717) is 25.5 Å². The zero-order valence-electron chi connectivity index (χ0n) is 18.8. The molecule has 3 aromatic rings. The van der Waals surface area contributed by atoms with Gasteiger partial charge in [0.1, 0.15) is 11.5 Å². The van der Waals surface area contributed by atoms with Crippen molar-refractivity contribution >= 4 is 29.3 Å². The first kappa shape index (κ1) is 22.1. The summed E-state index contributed by atoms with van der Waals surface area (Å²) >= 11 is 1.71. The topological polar surface area (TPSA) is 67.6 Å². The molecule has 3 heterocycles. The Labute approximate surface area is 192 Å². The van der Waals surface area contributed by atoms with E-state index in [1.807, 2.05) is 30.9 Å². The Kier molecular flexibility index (Phi) is 6.95. The maximum atomic E-state index is 12.7. The molecular weight excluding hydrogens is 422 g/mol. The molecule has 1 aliphatic heterocycles. The predicted octanol–water partition coefficient (Wildman–Crippen LogP) is 5.93. The number of nitrogens with zero attached hydrogens (tertiary/aromatic N) is 2. The van der Waals surface area contributed by atoms with Crippen molar-refractivity contribution < 1.29 is 14.1 Å². The SMILES string of the molecule is Cc1onc(NC(=O)N2CCC(=Cc3cccc(OCCc4ccsc4)c3)C(C)C2)c1C. The molecule has 1 aromatic carbocycles. The van der Waals surface area contributed by atoms with E-state index < -0.39 is 0 Å². The summed E-state index contributed by atoms with van der Waals surface area (Å²) in [6.07, 6.45) is 3.99. The molecule has 6 nitrogen and oxygen atoms in total. The molecule has 0 aliphatic carbocycles. The number of piperidine rings is 1. The summed E-state index contributed by atoms with van der Waals surface area (Å²) in [7, 11) is 0. The van der Waals surface area contributed by atoms with Crippen LogP contribution in [0.5, 0.6) is 5.75 Å². The van der Waals surface area contributed by atoms with Crippen LogP contribution in [0.2, 0.25) is 0 Å². The summed E-state index contributed by atoms with van der Waals surface area (Å²) in [5, 5.41) is 11.0. The zero-order valence-corrected chi connectivity index (χ0v) is 19.6. The molecule has 2 aromatic heterocycles. The fraction of sp³-hybridized carbons (Fsp3) is 0.360. The van der Waals surface area contributed by atoms with Crippen molar-refractivity contribution in [2.75, 3.05) is 25.0 Å². The molecule has 2 amide bonds. The summed E-state index contributed by atoms with van der Waals surface area (Å²) in [5.74, 6) is 2.38. The Balaban J connectivity index is 1.33. The van der Waals surface area contributed by atoms with Crippen LogP contribution in [0.1, 0.15) is 35.8 Å². The maximum absolute atomic E-state index is 12.7. The van der Waals surface area contributed by atoms with Crippen molar-refractivity contribution in [1.82, 2.24) is 10.1 Å². The molecule has 32 heavy (non-hydrogen) atoms. The number of carbonyl (C=O) groups excluding carboxylic acids is 1. The van der Waals surface area contributed by atoms with Crippen molar-refractivity contribution in [3.05, 3.63) is 69.1 Å². The van der Waals surface area contributed by atoms with Gasteiger partial charge < -0.3 is 14.2 Å². The number of hydrogen-bond donors (Lipinski definition) is 1. The normalized spacial score (nSPS) is 17.5. The molecule has 1 atom stereocenters. The number of carbonyl (C=O) groups is 1. The van der Waals surface area contributed by atoms with E-state index in [1.165, 1.54) is 11.1 Å². The van der Waals surface area contributed by atoms with Crippen LogP contribution in [0.4, 0.5) is 10.6 Å². The highest BCUT2D eigenvalue weighted by atomic mass is 32.1. The highest BCUT2D eigenvalue weighted by Crippen LogP contribution is 2.27. The largest absolute Gasteiger partial charge is 0.493 e. The van der Waals surface area contributed by atoms with Crippen LogP contribution in [0, 0.1) is 19.8 Å². The zero-order chi connectivity index (χ0) is 22.5. The number of thiophene rings is 1. The molecule has 168 valence electrons.